The Kier molecular flexibility index (Phi) is 3.05. The number of halogens is 1. The number of hydrogen-bond donors (Lipinski definition) is 1. The molecule has 0 saturated heterocycles. The third-order valence-electron chi connectivity index (χ3n) is 3.29. The van der Waals surface area contributed by atoms with Crippen LogP contribution in [0.4, 0.5) is 4.39 Å². The Balaban J connectivity index is 2.13. The molecule has 1 aliphatic rings. The molecule has 1 saturated carbocycles. The van der Waals surface area contributed by atoms with Crippen LogP contribution in [0, 0.1) is 5.82 Å². The molecule has 17 heavy (non-hydrogen) atoms. The molecule has 0 aromatic heterocycles. The highest BCUT2D eigenvalue weighted by Gasteiger charge is 2.33. The quantitative estimate of drug-likeness (QED) is 0.877. The molecule has 1 amide bonds. The second-order valence-electron chi connectivity index (χ2n) is 4.71. The van der Waals surface area contributed by atoms with E-state index in [1.165, 1.54) is 19.2 Å². The third kappa shape index (κ3) is 2.40. The standard InChI is InChI=1S/C13H16FNO2/c1-13(6-3-7-13)15-12(16)10-5-4-9(17-2)8-11(10)14/h4-5,8H,3,6-7H2,1-2H3,(H,15,16). The smallest absolute Gasteiger partial charge is 0.254 e. The van der Waals surface area contributed by atoms with Crippen molar-refractivity contribution in [2.45, 2.75) is 31.7 Å². The Morgan fingerprint density at radius 3 is 2.65 bits per heavy atom. The molecular formula is C13H16FNO2. The lowest BCUT2D eigenvalue weighted by Gasteiger charge is -2.39. The fourth-order valence-corrected chi connectivity index (χ4v) is 1.98. The van der Waals surface area contributed by atoms with Gasteiger partial charge in [0.25, 0.3) is 5.91 Å². The zero-order valence-electron chi connectivity index (χ0n) is 10.0. The first-order chi connectivity index (χ1) is 8.04. The topological polar surface area (TPSA) is 38.3 Å². The van der Waals surface area contributed by atoms with Crippen LogP contribution in [-0.4, -0.2) is 18.6 Å². The maximum atomic E-state index is 13.6. The van der Waals surface area contributed by atoms with Crippen molar-refractivity contribution in [2.24, 2.45) is 0 Å². The van der Waals surface area contributed by atoms with Gasteiger partial charge in [-0.1, -0.05) is 0 Å². The summed E-state index contributed by atoms with van der Waals surface area (Å²) < 4.78 is 18.5. The van der Waals surface area contributed by atoms with Crippen LogP contribution in [0.25, 0.3) is 0 Å². The number of carbonyl (C=O) groups is 1. The summed E-state index contributed by atoms with van der Waals surface area (Å²) in [6.07, 6.45) is 3.02. The second-order valence-corrected chi connectivity index (χ2v) is 4.71. The highest BCUT2D eigenvalue weighted by molar-refractivity contribution is 5.95. The van der Waals surface area contributed by atoms with Gasteiger partial charge in [-0.05, 0) is 38.3 Å². The molecule has 0 bridgehead atoms. The van der Waals surface area contributed by atoms with E-state index in [4.69, 9.17) is 4.74 Å². The van der Waals surface area contributed by atoms with Crippen LogP contribution >= 0.6 is 0 Å². The number of hydrogen-bond acceptors (Lipinski definition) is 2. The van der Waals surface area contributed by atoms with Gasteiger partial charge in [-0.3, -0.25) is 4.79 Å². The number of benzene rings is 1. The molecule has 1 N–H and O–H groups in total. The summed E-state index contributed by atoms with van der Waals surface area (Å²) in [5.74, 6) is -0.494. The summed E-state index contributed by atoms with van der Waals surface area (Å²) in [6.45, 7) is 1.98. The van der Waals surface area contributed by atoms with Gasteiger partial charge in [0.15, 0.2) is 0 Å². The minimum Gasteiger partial charge on any atom is -0.497 e. The molecule has 1 aromatic rings. The average molecular weight is 237 g/mol. The lowest BCUT2D eigenvalue weighted by Crippen LogP contribution is -2.51. The molecule has 0 aliphatic heterocycles. The van der Waals surface area contributed by atoms with Crippen LogP contribution in [-0.2, 0) is 0 Å². The van der Waals surface area contributed by atoms with E-state index in [1.54, 1.807) is 6.07 Å². The van der Waals surface area contributed by atoms with Gasteiger partial charge in [0.1, 0.15) is 11.6 Å². The zero-order valence-corrected chi connectivity index (χ0v) is 10.0. The van der Waals surface area contributed by atoms with E-state index in [0.717, 1.165) is 19.3 Å². The van der Waals surface area contributed by atoms with Crippen molar-refractivity contribution in [3.05, 3.63) is 29.6 Å². The maximum Gasteiger partial charge on any atom is 0.254 e. The summed E-state index contributed by atoms with van der Waals surface area (Å²) >= 11 is 0. The number of amides is 1. The van der Waals surface area contributed by atoms with Gasteiger partial charge in [0, 0.05) is 11.6 Å². The van der Waals surface area contributed by atoms with E-state index in [2.05, 4.69) is 5.32 Å². The molecule has 3 nitrogen and oxygen atoms in total. The number of carbonyl (C=O) groups excluding carboxylic acids is 1. The number of methoxy groups -OCH3 is 1. The monoisotopic (exact) mass is 237 g/mol. The van der Waals surface area contributed by atoms with Crippen LogP contribution in [0.2, 0.25) is 0 Å². The van der Waals surface area contributed by atoms with Crippen LogP contribution in [0.1, 0.15) is 36.5 Å². The van der Waals surface area contributed by atoms with Crippen molar-refractivity contribution in [3.8, 4) is 5.75 Å². The first-order valence-corrected chi connectivity index (χ1v) is 5.70. The molecular weight excluding hydrogens is 221 g/mol. The van der Waals surface area contributed by atoms with E-state index in [9.17, 15) is 9.18 Å². The highest BCUT2D eigenvalue weighted by atomic mass is 19.1. The largest absolute Gasteiger partial charge is 0.497 e. The summed E-state index contributed by atoms with van der Waals surface area (Å²) in [4.78, 5) is 11.9. The molecule has 1 aliphatic carbocycles. The summed E-state index contributed by atoms with van der Waals surface area (Å²) in [5.41, 5.74) is -0.0948. The summed E-state index contributed by atoms with van der Waals surface area (Å²) in [6, 6.07) is 4.25. The Morgan fingerprint density at radius 2 is 2.18 bits per heavy atom. The van der Waals surface area contributed by atoms with Gasteiger partial charge in [-0.15, -0.1) is 0 Å². The second kappa shape index (κ2) is 4.35. The Morgan fingerprint density at radius 1 is 1.47 bits per heavy atom. The summed E-state index contributed by atoms with van der Waals surface area (Å²) in [7, 11) is 1.46. The van der Waals surface area contributed by atoms with Crippen LogP contribution in [0.15, 0.2) is 18.2 Å². The zero-order chi connectivity index (χ0) is 12.5. The molecule has 1 fully saturated rings. The van der Waals surface area contributed by atoms with Gasteiger partial charge in [0.05, 0.1) is 12.7 Å². The van der Waals surface area contributed by atoms with Gasteiger partial charge in [-0.25, -0.2) is 4.39 Å². The third-order valence-corrected chi connectivity index (χ3v) is 3.29. The maximum absolute atomic E-state index is 13.6. The molecule has 2 rings (SSSR count). The predicted molar refractivity (Wildman–Crippen MR) is 62.7 cm³/mol. The van der Waals surface area contributed by atoms with E-state index in [-0.39, 0.29) is 17.0 Å². The normalized spacial score (nSPS) is 17.1. The highest BCUT2D eigenvalue weighted by Crippen LogP contribution is 2.31. The molecule has 0 radical (unpaired) electrons. The minimum absolute atomic E-state index is 0.0684. The van der Waals surface area contributed by atoms with E-state index >= 15 is 0 Å². The van der Waals surface area contributed by atoms with Crippen molar-refractivity contribution >= 4 is 5.91 Å². The Labute approximate surface area is 100.0 Å². The van der Waals surface area contributed by atoms with Gasteiger partial charge < -0.3 is 10.1 Å². The van der Waals surface area contributed by atoms with E-state index in [1.807, 2.05) is 6.92 Å². The predicted octanol–water partition coefficient (Wildman–Crippen LogP) is 2.51. The number of nitrogens with one attached hydrogen (secondary N) is 1. The van der Waals surface area contributed by atoms with Crippen LogP contribution in [0.5, 0.6) is 5.75 Å². The first-order valence-electron chi connectivity index (χ1n) is 5.70. The molecule has 0 spiro atoms. The number of rotatable bonds is 3. The molecule has 92 valence electrons. The van der Waals surface area contributed by atoms with Gasteiger partial charge in [-0.2, -0.15) is 0 Å². The fourth-order valence-electron chi connectivity index (χ4n) is 1.98. The van der Waals surface area contributed by atoms with Crippen molar-refractivity contribution in [1.29, 1.82) is 0 Å². The molecule has 4 heteroatoms. The lowest BCUT2D eigenvalue weighted by atomic mass is 9.78. The van der Waals surface area contributed by atoms with Crippen LogP contribution in [0.3, 0.4) is 0 Å². The van der Waals surface area contributed by atoms with Crippen LogP contribution < -0.4 is 10.1 Å². The molecule has 0 unspecified atom stereocenters. The first kappa shape index (κ1) is 11.9. The average Bonchev–Trinajstić information content (AvgIpc) is 2.26. The van der Waals surface area contributed by atoms with E-state index in [0.29, 0.717) is 5.75 Å². The SMILES string of the molecule is COc1ccc(C(=O)NC2(C)CCC2)c(F)c1. The fraction of sp³-hybridized carbons (Fsp3) is 0.462. The summed E-state index contributed by atoms with van der Waals surface area (Å²) in [5, 5.41) is 2.87. The van der Waals surface area contributed by atoms with Crippen molar-refractivity contribution in [3.63, 3.8) is 0 Å². The molecule has 1 aromatic carbocycles. The van der Waals surface area contributed by atoms with Crippen molar-refractivity contribution < 1.29 is 13.9 Å². The lowest BCUT2D eigenvalue weighted by molar-refractivity contribution is 0.0846. The van der Waals surface area contributed by atoms with Crippen molar-refractivity contribution in [1.82, 2.24) is 5.32 Å². The van der Waals surface area contributed by atoms with Crippen molar-refractivity contribution in [2.75, 3.05) is 7.11 Å². The molecule has 0 heterocycles. The Hall–Kier alpha value is -1.58. The Bertz CT molecular complexity index is 441. The number of ether oxygens (including phenoxy) is 1. The van der Waals surface area contributed by atoms with Gasteiger partial charge >= 0.3 is 0 Å². The minimum atomic E-state index is -0.551. The van der Waals surface area contributed by atoms with E-state index < -0.39 is 5.82 Å². The molecule has 0 atom stereocenters. The van der Waals surface area contributed by atoms with Gasteiger partial charge in [0.2, 0.25) is 0 Å².